The average Bonchev–Trinajstić information content (AvgIpc) is 3.40. The molecule has 3 aromatic rings. The van der Waals surface area contributed by atoms with Crippen molar-refractivity contribution >= 4 is 48.7 Å². The largest absolute Gasteiger partial charge is 0.495 e. The number of nitrogens with one attached hydrogen (secondary N) is 2. The van der Waals surface area contributed by atoms with E-state index in [1.807, 2.05) is 13.0 Å². The fourth-order valence-corrected chi connectivity index (χ4v) is 7.64. The van der Waals surface area contributed by atoms with Crippen molar-refractivity contribution in [2.75, 3.05) is 30.2 Å². The molecule has 0 aliphatic carbocycles. The van der Waals surface area contributed by atoms with Gasteiger partial charge in [0.1, 0.15) is 9.96 Å². The molecule has 0 bridgehead atoms. The first kappa shape index (κ1) is 26.1. The minimum absolute atomic E-state index is 0.0381. The van der Waals surface area contributed by atoms with Gasteiger partial charge in [0.25, 0.3) is 20.0 Å². The van der Waals surface area contributed by atoms with E-state index in [4.69, 9.17) is 4.74 Å². The van der Waals surface area contributed by atoms with Crippen LogP contribution in [0.2, 0.25) is 0 Å². The van der Waals surface area contributed by atoms with E-state index in [-0.39, 0.29) is 29.8 Å². The summed E-state index contributed by atoms with van der Waals surface area (Å²) in [7, 11) is -5.93. The molecule has 1 aliphatic rings. The molecule has 192 valence electrons. The van der Waals surface area contributed by atoms with Gasteiger partial charge < -0.3 is 10.1 Å². The summed E-state index contributed by atoms with van der Waals surface area (Å²) in [5.74, 6) is -0.151. The SMILES string of the molecule is COc1ccc(C)cc1NS(=O)(=O)c1ccc(NC(=O)C2CCN(S(=O)(=O)c3cccs3)CC2)cc1. The highest BCUT2D eigenvalue weighted by molar-refractivity contribution is 7.92. The summed E-state index contributed by atoms with van der Waals surface area (Å²) in [4.78, 5) is 12.8. The number of rotatable bonds is 8. The highest BCUT2D eigenvalue weighted by Crippen LogP contribution is 2.29. The Hall–Kier alpha value is -2.93. The molecule has 2 aromatic carbocycles. The van der Waals surface area contributed by atoms with E-state index in [0.717, 1.165) is 5.56 Å². The topological polar surface area (TPSA) is 122 Å². The molecule has 4 rings (SSSR count). The third-order valence-corrected chi connectivity index (χ3v) is 10.6. The first-order valence-corrected chi connectivity index (χ1v) is 15.0. The Labute approximate surface area is 215 Å². The minimum Gasteiger partial charge on any atom is -0.495 e. The van der Waals surface area contributed by atoms with E-state index in [1.165, 1.54) is 47.0 Å². The molecule has 1 fully saturated rings. The molecule has 0 radical (unpaired) electrons. The quantitative estimate of drug-likeness (QED) is 0.440. The summed E-state index contributed by atoms with van der Waals surface area (Å²) < 4.78 is 60.5. The van der Waals surface area contributed by atoms with Crippen molar-refractivity contribution in [1.29, 1.82) is 0 Å². The molecule has 1 aromatic heterocycles. The van der Waals surface area contributed by atoms with Crippen LogP contribution in [-0.4, -0.2) is 47.2 Å². The van der Waals surface area contributed by atoms with Crippen LogP contribution in [0.4, 0.5) is 11.4 Å². The van der Waals surface area contributed by atoms with Gasteiger partial charge in [0, 0.05) is 24.7 Å². The van der Waals surface area contributed by atoms with Crippen LogP contribution in [0.1, 0.15) is 18.4 Å². The number of thiophene rings is 1. The van der Waals surface area contributed by atoms with Crippen LogP contribution in [0.25, 0.3) is 0 Å². The Bertz CT molecular complexity index is 1430. The van der Waals surface area contributed by atoms with E-state index in [9.17, 15) is 21.6 Å². The van der Waals surface area contributed by atoms with Gasteiger partial charge in [-0.05, 0) is 73.2 Å². The zero-order chi connectivity index (χ0) is 25.9. The van der Waals surface area contributed by atoms with E-state index in [1.54, 1.807) is 29.6 Å². The van der Waals surface area contributed by atoms with E-state index >= 15 is 0 Å². The number of hydrogen-bond acceptors (Lipinski definition) is 7. The number of anilines is 2. The standard InChI is InChI=1S/C24H27N3O6S3/c1-17-5-10-22(33-2)21(16-17)26-35(29,30)20-8-6-19(7-9-20)25-24(28)18-11-13-27(14-12-18)36(31,32)23-4-3-15-34-23/h3-10,15-16,18,26H,11-14H2,1-2H3,(H,25,28). The maximum atomic E-state index is 12.9. The predicted molar refractivity (Wildman–Crippen MR) is 139 cm³/mol. The number of carbonyl (C=O) groups excluding carboxylic acids is 1. The molecule has 1 aliphatic heterocycles. The minimum atomic E-state index is -3.87. The smallest absolute Gasteiger partial charge is 0.262 e. The molecular formula is C24H27N3O6S3. The molecule has 0 atom stereocenters. The van der Waals surface area contributed by atoms with Gasteiger partial charge >= 0.3 is 0 Å². The molecule has 2 heterocycles. The Morgan fingerprint density at radius 3 is 2.33 bits per heavy atom. The summed E-state index contributed by atoms with van der Waals surface area (Å²) in [5, 5.41) is 4.53. The molecule has 0 saturated carbocycles. The number of amides is 1. The van der Waals surface area contributed by atoms with Crippen molar-refractivity contribution < 1.29 is 26.4 Å². The summed E-state index contributed by atoms with van der Waals surface area (Å²) in [6.45, 7) is 2.38. The Balaban J connectivity index is 1.36. The third kappa shape index (κ3) is 5.72. The Morgan fingerprint density at radius 1 is 1.03 bits per heavy atom. The molecule has 12 heteroatoms. The second-order valence-electron chi connectivity index (χ2n) is 8.43. The van der Waals surface area contributed by atoms with Crippen LogP contribution >= 0.6 is 11.3 Å². The first-order chi connectivity index (χ1) is 17.1. The average molecular weight is 550 g/mol. The number of aryl methyl sites for hydroxylation is 1. The molecule has 36 heavy (non-hydrogen) atoms. The molecule has 2 N–H and O–H groups in total. The second kappa shape index (κ2) is 10.6. The van der Waals surface area contributed by atoms with Crippen LogP contribution in [0.15, 0.2) is 69.1 Å². The van der Waals surface area contributed by atoms with Crippen molar-refractivity contribution in [2.45, 2.75) is 28.9 Å². The lowest BCUT2D eigenvalue weighted by molar-refractivity contribution is -0.120. The number of carbonyl (C=O) groups is 1. The number of hydrogen-bond donors (Lipinski definition) is 2. The Kier molecular flexibility index (Phi) is 7.69. The van der Waals surface area contributed by atoms with Gasteiger partial charge in [-0.1, -0.05) is 12.1 Å². The number of piperidine rings is 1. The highest BCUT2D eigenvalue weighted by atomic mass is 32.2. The summed E-state index contributed by atoms with van der Waals surface area (Å²) in [6, 6.07) is 14.3. The maximum Gasteiger partial charge on any atom is 0.262 e. The summed E-state index contributed by atoms with van der Waals surface area (Å²) in [6.07, 6.45) is 0.816. The van der Waals surface area contributed by atoms with Crippen molar-refractivity contribution in [3.05, 3.63) is 65.5 Å². The van der Waals surface area contributed by atoms with Gasteiger partial charge in [0.2, 0.25) is 5.91 Å². The van der Waals surface area contributed by atoms with Crippen LogP contribution in [0.5, 0.6) is 5.75 Å². The van der Waals surface area contributed by atoms with Gasteiger partial charge in [-0.25, -0.2) is 16.8 Å². The van der Waals surface area contributed by atoms with Gasteiger partial charge in [-0.15, -0.1) is 11.3 Å². The second-order valence-corrected chi connectivity index (χ2v) is 13.2. The molecular weight excluding hydrogens is 522 g/mol. The van der Waals surface area contributed by atoms with E-state index < -0.39 is 20.0 Å². The summed E-state index contributed by atoms with van der Waals surface area (Å²) in [5.41, 5.74) is 1.67. The highest BCUT2D eigenvalue weighted by Gasteiger charge is 2.32. The van der Waals surface area contributed by atoms with Gasteiger partial charge in [0.15, 0.2) is 0 Å². The van der Waals surface area contributed by atoms with Gasteiger partial charge in [0.05, 0.1) is 17.7 Å². The van der Waals surface area contributed by atoms with Crippen LogP contribution in [0.3, 0.4) is 0 Å². The van der Waals surface area contributed by atoms with Crippen molar-refractivity contribution in [1.82, 2.24) is 4.31 Å². The number of nitrogens with zero attached hydrogens (tertiary/aromatic N) is 1. The van der Waals surface area contributed by atoms with Crippen LogP contribution < -0.4 is 14.8 Å². The van der Waals surface area contributed by atoms with E-state index in [0.29, 0.717) is 34.2 Å². The molecule has 1 saturated heterocycles. The van der Waals surface area contributed by atoms with Crippen LogP contribution in [0, 0.1) is 12.8 Å². The first-order valence-electron chi connectivity index (χ1n) is 11.2. The van der Waals surface area contributed by atoms with Crippen molar-refractivity contribution in [3.8, 4) is 5.75 Å². The van der Waals surface area contributed by atoms with Crippen molar-refractivity contribution in [3.63, 3.8) is 0 Å². The maximum absolute atomic E-state index is 12.9. The molecule has 0 unspecified atom stereocenters. The van der Waals surface area contributed by atoms with Crippen molar-refractivity contribution in [2.24, 2.45) is 5.92 Å². The third-order valence-electron chi connectivity index (χ3n) is 5.95. The zero-order valence-corrected chi connectivity index (χ0v) is 22.3. The monoisotopic (exact) mass is 549 g/mol. The van der Waals surface area contributed by atoms with Crippen LogP contribution in [-0.2, 0) is 24.8 Å². The normalized spacial score (nSPS) is 15.4. The van der Waals surface area contributed by atoms with Gasteiger partial charge in [-0.3, -0.25) is 9.52 Å². The zero-order valence-electron chi connectivity index (χ0n) is 19.8. The lowest BCUT2D eigenvalue weighted by Crippen LogP contribution is -2.41. The van der Waals surface area contributed by atoms with E-state index in [2.05, 4.69) is 10.0 Å². The number of benzene rings is 2. The lowest BCUT2D eigenvalue weighted by atomic mass is 9.97. The molecule has 9 nitrogen and oxygen atoms in total. The van der Waals surface area contributed by atoms with Gasteiger partial charge in [-0.2, -0.15) is 4.31 Å². The summed E-state index contributed by atoms with van der Waals surface area (Å²) >= 11 is 1.18. The lowest BCUT2D eigenvalue weighted by Gasteiger charge is -2.30. The fourth-order valence-electron chi connectivity index (χ4n) is 3.96. The Morgan fingerprint density at radius 2 is 1.72 bits per heavy atom. The predicted octanol–water partition coefficient (Wildman–Crippen LogP) is 3.91. The number of sulfonamides is 2. The fraction of sp³-hybridized carbons (Fsp3) is 0.292. The molecule has 1 amide bonds. The molecule has 0 spiro atoms. The number of methoxy groups -OCH3 is 1. The number of ether oxygens (including phenoxy) is 1.